The lowest BCUT2D eigenvalue weighted by Crippen LogP contribution is -1.90. The van der Waals surface area contributed by atoms with Crippen LogP contribution in [0.1, 0.15) is 0 Å². The summed E-state index contributed by atoms with van der Waals surface area (Å²) in [6, 6.07) is 27.0. The maximum absolute atomic E-state index is 4.87. The molecule has 3 heteroatoms. The fraction of sp³-hybridized carbons (Fsp3) is 0. The standard InChI is InChI=1S/C23H13N3/c1-2-6-15-11-21-20(10-14(15)5-1)25-22-12-17-9-16-7-3-4-8-18(16)24-19(17)13-23(22)26-21/h1-13H. The van der Waals surface area contributed by atoms with Crippen LogP contribution in [-0.4, -0.2) is 15.0 Å². The van der Waals surface area contributed by atoms with Crippen molar-refractivity contribution in [1.29, 1.82) is 0 Å². The maximum atomic E-state index is 4.87. The summed E-state index contributed by atoms with van der Waals surface area (Å²) in [5.74, 6) is 0. The second-order valence-electron chi connectivity index (χ2n) is 6.63. The van der Waals surface area contributed by atoms with Crippen LogP contribution in [0.4, 0.5) is 0 Å². The number of rotatable bonds is 0. The molecule has 2 aromatic heterocycles. The highest BCUT2D eigenvalue weighted by Gasteiger charge is 2.07. The third kappa shape index (κ3) is 1.97. The third-order valence-electron chi connectivity index (χ3n) is 4.94. The van der Waals surface area contributed by atoms with Gasteiger partial charge in [-0.15, -0.1) is 0 Å². The Hall–Kier alpha value is -3.59. The van der Waals surface area contributed by atoms with Crippen molar-refractivity contribution in [2.75, 3.05) is 0 Å². The molecule has 0 aliphatic carbocycles. The van der Waals surface area contributed by atoms with E-state index < -0.39 is 0 Å². The van der Waals surface area contributed by atoms with Crippen LogP contribution in [0, 0.1) is 0 Å². The van der Waals surface area contributed by atoms with Crippen LogP contribution in [0.2, 0.25) is 0 Å². The summed E-state index contributed by atoms with van der Waals surface area (Å²) in [4.78, 5) is 14.5. The van der Waals surface area contributed by atoms with E-state index in [1.807, 2.05) is 36.4 Å². The van der Waals surface area contributed by atoms with Gasteiger partial charge in [-0.05, 0) is 47.2 Å². The Bertz CT molecular complexity index is 1260. The van der Waals surface area contributed by atoms with Crippen molar-refractivity contribution >= 4 is 54.6 Å². The van der Waals surface area contributed by atoms with E-state index in [9.17, 15) is 0 Å². The summed E-state index contributed by atoms with van der Waals surface area (Å²) < 4.78 is 0. The molecule has 0 aliphatic rings. The number of fused-ring (bicyclic) bond motifs is 5. The molecule has 0 radical (unpaired) electrons. The fourth-order valence-electron chi connectivity index (χ4n) is 3.64. The van der Waals surface area contributed by atoms with Crippen molar-refractivity contribution < 1.29 is 0 Å². The Balaban J connectivity index is 1.72. The highest BCUT2D eigenvalue weighted by Crippen LogP contribution is 2.26. The first kappa shape index (κ1) is 13.7. The second kappa shape index (κ2) is 4.96. The summed E-state index contributed by atoms with van der Waals surface area (Å²) in [6.45, 7) is 0. The number of benzene rings is 4. The van der Waals surface area contributed by atoms with E-state index in [0.29, 0.717) is 0 Å². The van der Waals surface area contributed by atoms with E-state index in [1.165, 1.54) is 10.8 Å². The Kier molecular flexibility index (Phi) is 2.61. The van der Waals surface area contributed by atoms with Crippen molar-refractivity contribution in [2.45, 2.75) is 0 Å². The van der Waals surface area contributed by atoms with E-state index in [-0.39, 0.29) is 0 Å². The zero-order valence-corrected chi connectivity index (χ0v) is 13.8. The zero-order valence-electron chi connectivity index (χ0n) is 13.8. The van der Waals surface area contributed by atoms with Gasteiger partial charge in [0.15, 0.2) is 0 Å². The highest BCUT2D eigenvalue weighted by atomic mass is 14.8. The Morgan fingerprint density at radius 1 is 0.346 bits per heavy atom. The SMILES string of the molecule is c1ccc2cc3nc4cc5nc6ccccc6cc5cc4nc3cc2c1. The molecule has 0 unspecified atom stereocenters. The molecule has 0 amide bonds. The van der Waals surface area contributed by atoms with Gasteiger partial charge >= 0.3 is 0 Å². The molecule has 0 saturated carbocycles. The van der Waals surface area contributed by atoms with Crippen LogP contribution in [-0.2, 0) is 0 Å². The lowest BCUT2D eigenvalue weighted by Gasteiger charge is -2.06. The molecule has 0 atom stereocenters. The predicted molar refractivity (Wildman–Crippen MR) is 107 cm³/mol. The number of aromatic nitrogens is 3. The zero-order chi connectivity index (χ0) is 17.1. The Labute approximate surface area is 148 Å². The molecule has 0 aliphatic heterocycles. The summed E-state index contributed by atoms with van der Waals surface area (Å²) in [5, 5.41) is 4.59. The van der Waals surface area contributed by atoms with E-state index in [4.69, 9.17) is 15.0 Å². The topological polar surface area (TPSA) is 38.7 Å². The van der Waals surface area contributed by atoms with Crippen LogP contribution in [0.25, 0.3) is 54.6 Å². The molecular formula is C23H13N3. The summed E-state index contributed by atoms with van der Waals surface area (Å²) in [7, 11) is 0. The van der Waals surface area contributed by atoms with E-state index >= 15 is 0 Å². The fourth-order valence-corrected chi connectivity index (χ4v) is 3.64. The minimum absolute atomic E-state index is 0.878. The molecule has 120 valence electrons. The van der Waals surface area contributed by atoms with E-state index in [2.05, 4.69) is 42.5 Å². The van der Waals surface area contributed by atoms with Crippen molar-refractivity contribution in [1.82, 2.24) is 15.0 Å². The average Bonchev–Trinajstić information content (AvgIpc) is 2.67. The molecule has 3 nitrogen and oxygen atoms in total. The van der Waals surface area contributed by atoms with Crippen LogP contribution >= 0.6 is 0 Å². The van der Waals surface area contributed by atoms with Crippen LogP contribution in [0.5, 0.6) is 0 Å². The van der Waals surface area contributed by atoms with Gasteiger partial charge in [-0.25, -0.2) is 15.0 Å². The van der Waals surface area contributed by atoms with Gasteiger partial charge in [-0.3, -0.25) is 0 Å². The number of para-hydroxylation sites is 1. The van der Waals surface area contributed by atoms with Crippen molar-refractivity contribution in [2.24, 2.45) is 0 Å². The minimum atomic E-state index is 0.878. The number of hydrogen-bond acceptors (Lipinski definition) is 3. The van der Waals surface area contributed by atoms with Crippen LogP contribution in [0.15, 0.2) is 78.9 Å². The van der Waals surface area contributed by atoms with Gasteiger partial charge in [0.05, 0.1) is 33.1 Å². The molecule has 6 rings (SSSR count). The van der Waals surface area contributed by atoms with Gasteiger partial charge in [-0.2, -0.15) is 0 Å². The van der Waals surface area contributed by atoms with Gasteiger partial charge in [0.2, 0.25) is 0 Å². The molecular weight excluding hydrogens is 318 g/mol. The monoisotopic (exact) mass is 331 g/mol. The molecule has 0 fully saturated rings. The Morgan fingerprint density at radius 2 is 0.846 bits per heavy atom. The number of pyridine rings is 1. The molecule has 0 saturated heterocycles. The largest absolute Gasteiger partial charge is 0.248 e. The lowest BCUT2D eigenvalue weighted by atomic mass is 10.1. The minimum Gasteiger partial charge on any atom is -0.248 e. The Morgan fingerprint density at radius 3 is 1.54 bits per heavy atom. The predicted octanol–water partition coefficient (Wildman–Crippen LogP) is 5.64. The van der Waals surface area contributed by atoms with Crippen LogP contribution < -0.4 is 0 Å². The van der Waals surface area contributed by atoms with Crippen molar-refractivity contribution in [3.8, 4) is 0 Å². The van der Waals surface area contributed by atoms with Gasteiger partial charge < -0.3 is 0 Å². The summed E-state index contributed by atoms with van der Waals surface area (Å²) in [5.41, 5.74) is 5.56. The molecule has 0 N–H and O–H groups in total. The highest BCUT2D eigenvalue weighted by molar-refractivity contribution is 6.02. The quantitative estimate of drug-likeness (QED) is 0.338. The van der Waals surface area contributed by atoms with E-state index in [1.54, 1.807) is 0 Å². The van der Waals surface area contributed by atoms with Gasteiger partial charge in [0.1, 0.15) is 0 Å². The lowest BCUT2D eigenvalue weighted by molar-refractivity contribution is 1.40. The molecule has 0 spiro atoms. The number of nitrogens with zero attached hydrogens (tertiary/aromatic N) is 3. The number of hydrogen-bond donors (Lipinski definition) is 0. The average molecular weight is 331 g/mol. The van der Waals surface area contributed by atoms with Crippen molar-refractivity contribution in [3.05, 3.63) is 78.9 Å². The third-order valence-corrected chi connectivity index (χ3v) is 4.94. The molecule has 2 heterocycles. The molecule has 26 heavy (non-hydrogen) atoms. The normalized spacial score (nSPS) is 11.8. The second-order valence-corrected chi connectivity index (χ2v) is 6.63. The maximum Gasteiger partial charge on any atom is 0.0916 e. The van der Waals surface area contributed by atoms with Gasteiger partial charge in [0, 0.05) is 10.8 Å². The van der Waals surface area contributed by atoms with Crippen molar-refractivity contribution in [3.63, 3.8) is 0 Å². The summed E-state index contributed by atoms with van der Waals surface area (Å²) in [6.07, 6.45) is 0. The molecule has 6 aromatic rings. The summed E-state index contributed by atoms with van der Waals surface area (Å²) >= 11 is 0. The smallest absolute Gasteiger partial charge is 0.0916 e. The molecule has 0 bridgehead atoms. The van der Waals surface area contributed by atoms with Gasteiger partial charge in [0.25, 0.3) is 0 Å². The first-order chi connectivity index (χ1) is 12.8. The van der Waals surface area contributed by atoms with Crippen LogP contribution in [0.3, 0.4) is 0 Å². The van der Waals surface area contributed by atoms with E-state index in [0.717, 1.165) is 43.9 Å². The van der Waals surface area contributed by atoms with Gasteiger partial charge in [-0.1, -0.05) is 42.5 Å². The first-order valence-corrected chi connectivity index (χ1v) is 8.63. The molecule has 4 aromatic carbocycles. The first-order valence-electron chi connectivity index (χ1n) is 8.63.